The molecule has 0 radical (unpaired) electrons. The van der Waals surface area contributed by atoms with E-state index in [-0.39, 0.29) is 23.7 Å². The second-order valence-corrected chi connectivity index (χ2v) is 10.1. The lowest BCUT2D eigenvalue weighted by Crippen LogP contribution is -2.41. The summed E-state index contributed by atoms with van der Waals surface area (Å²) in [5, 5.41) is 3.71. The number of carbonyl (C=O) groups is 1. The number of carbonyl (C=O) groups excluding carboxylic acids is 1. The molecule has 7 nitrogen and oxygen atoms in total. The number of hydrogen-bond acceptors (Lipinski definition) is 5. The number of amides is 1. The predicted octanol–water partition coefficient (Wildman–Crippen LogP) is 5.82. The molecule has 1 heterocycles. The number of ether oxygens (including phenoxy) is 2. The molecule has 0 aromatic heterocycles. The van der Waals surface area contributed by atoms with Crippen molar-refractivity contribution in [2.45, 2.75) is 0 Å². The van der Waals surface area contributed by atoms with Crippen molar-refractivity contribution in [3.05, 3.63) is 81.3 Å². The summed E-state index contributed by atoms with van der Waals surface area (Å²) in [6.07, 6.45) is 0. The summed E-state index contributed by atoms with van der Waals surface area (Å²) in [5.41, 5.74) is 0.971. The highest BCUT2D eigenvalue weighted by Crippen LogP contribution is 2.33. The van der Waals surface area contributed by atoms with Gasteiger partial charge in [-0.1, -0.05) is 40.9 Å². The number of sulfonamides is 1. The van der Waals surface area contributed by atoms with Crippen LogP contribution in [0.1, 0.15) is 10.4 Å². The van der Waals surface area contributed by atoms with Gasteiger partial charge in [-0.25, -0.2) is 8.42 Å². The topological polar surface area (TPSA) is 84.9 Å². The van der Waals surface area contributed by atoms with Crippen LogP contribution < -0.4 is 14.4 Å². The normalized spacial score (nSPS) is 15.2. The third kappa shape index (κ3) is 5.54. The van der Waals surface area contributed by atoms with Crippen molar-refractivity contribution in [1.29, 1.82) is 0 Å². The van der Waals surface area contributed by atoms with E-state index in [2.05, 4.69) is 5.32 Å². The van der Waals surface area contributed by atoms with Crippen molar-refractivity contribution < 1.29 is 22.7 Å². The summed E-state index contributed by atoms with van der Waals surface area (Å²) in [7, 11) is -3.60. The van der Waals surface area contributed by atoms with E-state index < -0.39 is 21.9 Å². The maximum atomic E-state index is 12.8. The molecule has 0 atom stereocenters. The molecule has 1 aliphatic heterocycles. The van der Waals surface area contributed by atoms with E-state index >= 15 is 0 Å². The van der Waals surface area contributed by atoms with Crippen LogP contribution in [0.3, 0.4) is 0 Å². The number of nitrogens with zero attached hydrogens (tertiary/aromatic N) is 1. The molecule has 0 aliphatic carbocycles. The Morgan fingerprint density at radius 2 is 1.82 bits per heavy atom. The van der Waals surface area contributed by atoms with E-state index in [1.165, 1.54) is 22.5 Å². The van der Waals surface area contributed by atoms with Crippen LogP contribution in [0.25, 0.3) is 0 Å². The molecule has 11 heteroatoms. The van der Waals surface area contributed by atoms with Crippen LogP contribution in [0.2, 0.25) is 15.1 Å². The van der Waals surface area contributed by atoms with Crippen LogP contribution in [-0.4, -0.2) is 33.4 Å². The second-order valence-electron chi connectivity index (χ2n) is 7.03. The van der Waals surface area contributed by atoms with Crippen molar-refractivity contribution in [1.82, 2.24) is 0 Å². The summed E-state index contributed by atoms with van der Waals surface area (Å²) in [6, 6.07) is 16.0. The molecular formula is C22H17Cl3N2O5S. The van der Waals surface area contributed by atoms with Crippen LogP contribution in [0.4, 0.5) is 11.4 Å². The van der Waals surface area contributed by atoms with Gasteiger partial charge < -0.3 is 14.8 Å². The van der Waals surface area contributed by atoms with Gasteiger partial charge in [0.2, 0.25) is 0 Å². The van der Waals surface area contributed by atoms with E-state index in [9.17, 15) is 13.2 Å². The van der Waals surface area contributed by atoms with Gasteiger partial charge in [-0.3, -0.25) is 9.10 Å². The van der Waals surface area contributed by atoms with E-state index in [1.54, 1.807) is 42.5 Å². The summed E-state index contributed by atoms with van der Waals surface area (Å²) in [6.45, 7) is 0.444. The number of halogens is 3. The van der Waals surface area contributed by atoms with Crippen LogP contribution in [0, 0.1) is 0 Å². The van der Waals surface area contributed by atoms with Crippen LogP contribution in [0.5, 0.6) is 11.5 Å². The van der Waals surface area contributed by atoms with Gasteiger partial charge in [-0.2, -0.15) is 0 Å². The van der Waals surface area contributed by atoms with Crippen molar-refractivity contribution >= 4 is 62.1 Å². The predicted molar refractivity (Wildman–Crippen MR) is 129 cm³/mol. The molecule has 4 rings (SSSR count). The number of nitrogens with one attached hydrogen (secondary N) is 1. The quantitative estimate of drug-likeness (QED) is 0.452. The van der Waals surface area contributed by atoms with Crippen LogP contribution in [0.15, 0.2) is 60.7 Å². The molecule has 0 saturated carbocycles. The molecule has 0 bridgehead atoms. The largest absolute Gasteiger partial charge is 0.456 e. The summed E-state index contributed by atoms with van der Waals surface area (Å²) in [5.74, 6) is -0.0593. The Balaban J connectivity index is 1.52. The molecule has 3 aromatic carbocycles. The fourth-order valence-corrected chi connectivity index (χ4v) is 5.00. The first-order valence-corrected chi connectivity index (χ1v) is 12.4. The van der Waals surface area contributed by atoms with Crippen molar-refractivity contribution in [3.63, 3.8) is 0 Å². The standard InChI is InChI=1S/C22H17Cl3N2O5S/c23-14-2-1-3-17(10-14)32-21-11-15(4-7-19(21)24)26-22(28)18-6-5-16(12-20(18)25)27-8-9-31-13-33(27,29)30/h1-7,10-12H,8-9,13H2,(H,26,28). The Bertz CT molecular complexity index is 1320. The number of benzene rings is 3. The summed E-state index contributed by atoms with van der Waals surface area (Å²) >= 11 is 18.5. The molecule has 0 spiro atoms. The molecule has 1 fully saturated rings. The van der Waals surface area contributed by atoms with Gasteiger partial charge in [0, 0.05) is 16.8 Å². The number of rotatable bonds is 5. The highest BCUT2D eigenvalue weighted by atomic mass is 35.5. The average molecular weight is 528 g/mol. The first-order chi connectivity index (χ1) is 15.7. The van der Waals surface area contributed by atoms with Crippen molar-refractivity contribution in [2.75, 3.05) is 28.7 Å². The molecule has 1 N–H and O–H groups in total. The van der Waals surface area contributed by atoms with E-state index in [1.807, 2.05) is 0 Å². The summed E-state index contributed by atoms with van der Waals surface area (Å²) in [4.78, 5) is 12.8. The Kier molecular flexibility index (Phi) is 7.02. The number of anilines is 2. The smallest absolute Gasteiger partial charge is 0.259 e. The first kappa shape index (κ1) is 23.7. The van der Waals surface area contributed by atoms with Gasteiger partial charge in [0.1, 0.15) is 11.5 Å². The Hall–Kier alpha value is -2.49. The van der Waals surface area contributed by atoms with Gasteiger partial charge in [0.05, 0.1) is 34.4 Å². The first-order valence-electron chi connectivity index (χ1n) is 9.65. The minimum absolute atomic E-state index is 0.107. The fourth-order valence-electron chi connectivity index (χ4n) is 3.16. The maximum absolute atomic E-state index is 12.8. The second kappa shape index (κ2) is 9.79. The zero-order chi connectivity index (χ0) is 23.6. The third-order valence-electron chi connectivity index (χ3n) is 4.71. The molecule has 1 saturated heterocycles. The van der Waals surface area contributed by atoms with Gasteiger partial charge in [0.25, 0.3) is 15.9 Å². The van der Waals surface area contributed by atoms with Gasteiger partial charge >= 0.3 is 0 Å². The fraction of sp³-hybridized carbons (Fsp3) is 0.136. The molecule has 172 valence electrons. The highest BCUT2D eigenvalue weighted by molar-refractivity contribution is 7.92. The van der Waals surface area contributed by atoms with Gasteiger partial charge in [-0.15, -0.1) is 0 Å². The maximum Gasteiger partial charge on any atom is 0.259 e. The molecular weight excluding hydrogens is 511 g/mol. The minimum atomic E-state index is -3.60. The molecule has 3 aromatic rings. The Labute approximate surface area is 205 Å². The van der Waals surface area contributed by atoms with Crippen molar-refractivity contribution in [2.24, 2.45) is 0 Å². The van der Waals surface area contributed by atoms with Gasteiger partial charge in [0.15, 0.2) is 5.94 Å². The highest BCUT2D eigenvalue weighted by Gasteiger charge is 2.27. The molecule has 0 unspecified atom stereocenters. The average Bonchev–Trinajstić information content (AvgIpc) is 2.75. The Morgan fingerprint density at radius 3 is 2.55 bits per heavy atom. The number of hydrogen-bond donors (Lipinski definition) is 1. The Morgan fingerprint density at radius 1 is 1.00 bits per heavy atom. The lowest BCUT2D eigenvalue weighted by Gasteiger charge is -2.28. The third-order valence-corrected chi connectivity index (χ3v) is 7.09. The SMILES string of the molecule is O=C(Nc1ccc(Cl)c(Oc2cccc(Cl)c2)c1)c1ccc(N2CCOCS2(=O)=O)cc1Cl. The zero-order valence-corrected chi connectivity index (χ0v) is 20.0. The van der Waals surface area contributed by atoms with Crippen LogP contribution in [-0.2, 0) is 14.8 Å². The lowest BCUT2D eigenvalue weighted by atomic mass is 10.1. The summed E-state index contributed by atoms with van der Waals surface area (Å²) < 4.78 is 36.4. The van der Waals surface area contributed by atoms with E-state index in [0.29, 0.717) is 32.9 Å². The van der Waals surface area contributed by atoms with Crippen molar-refractivity contribution in [3.8, 4) is 11.5 Å². The van der Waals surface area contributed by atoms with Crippen LogP contribution >= 0.6 is 34.8 Å². The van der Waals surface area contributed by atoms with E-state index in [4.69, 9.17) is 44.3 Å². The van der Waals surface area contributed by atoms with Gasteiger partial charge in [-0.05, 0) is 48.5 Å². The monoisotopic (exact) mass is 526 g/mol. The van der Waals surface area contributed by atoms with E-state index in [0.717, 1.165) is 0 Å². The minimum Gasteiger partial charge on any atom is -0.456 e. The zero-order valence-electron chi connectivity index (χ0n) is 16.9. The molecule has 33 heavy (non-hydrogen) atoms. The molecule has 1 aliphatic rings. The lowest BCUT2D eigenvalue weighted by molar-refractivity contribution is 0.102. The molecule has 1 amide bonds.